The number of nitrogens with one attached hydrogen (secondary N) is 1. The molecule has 1 N–H and O–H groups in total. The van der Waals surface area contributed by atoms with E-state index in [1.807, 2.05) is 0 Å². The van der Waals surface area contributed by atoms with Crippen LogP contribution in [0.3, 0.4) is 0 Å². The van der Waals surface area contributed by atoms with Gasteiger partial charge in [-0.2, -0.15) is 0 Å². The van der Waals surface area contributed by atoms with Crippen LogP contribution in [0.5, 0.6) is 5.75 Å². The summed E-state index contributed by atoms with van der Waals surface area (Å²) in [5.41, 5.74) is 1.97. The Balaban J connectivity index is 1.82. The predicted molar refractivity (Wildman–Crippen MR) is 71.7 cm³/mol. The molecule has 100 valence electrons. The first-order valence-corrected chi connectivity index (χ1v) is 6.96. The quantitative estimate of drug-likeness (QED) is 0.752. The van der Waals surface area contributed by atoms with Crippen LogP contribution in [0.4, 0.5) is 4.39 Å². The maximum atomic E-state index is 13.5. The van der Waals surface area contributed by atoms with Gasteiger partial charge in [0.05, 0.1) is 6.61 Å². The molecule has 0 atom stereocenters. The molecule has 1 aliphatic rings. The van der Waals surface area contributed by atoms with E-state index in [2.05, 4.69) is 12.2 Å². The summed E-state index contributed by atoms with van der Waals surface area (Å²) in [5, 5.41) is 3.34. The zero-order valence-corrected chi connectivity index (χ0v) is 11.1. The summed E-state index contributed by atoms with van der Waals surface area (Å²) in [6.45, 7) is 4.91. The summed E-state index contributed by atoms with van der Waals surface area (Å²) in [5.74, 6) is 0.818. The van der Waals surface area contributed by atoms with Crippen molar-refractivity contribution in [2.75, 3.05) is 19.7 Å². The van der Waals surface area contributed by atoms with Crippen LogP contribution in [-0.2, 0) is 12.8 Å². The molecule has 0 radical (unpaired) electrons. The van der Waals surface area contributed by atoms with Gasteiger partial charge in [-0.25, -0.2) is 4.39 Å². The molecule has 1 aromatic carbocycles. The number of halogens is 1. The highest BCUT2D eigenvalue weighted by atomic mass is 19.1. The second-order valence-corrected chi connectivity index (χ2v) is 4.81. The molecule has 0 spiro atoms. The van der Waals surface area contributed by atoms with Crippen molar-refractivity contribution in [3.8, 4) is 5.75 Å². The van der Waals surface area contributed by atoms with Crippen LogP contribution in [-0.4, -0.2) is 19.7 Å². The van der Waals surface area contributed by atoms with Gasteiger partial charge < -0.3 is 10.1 Å². The standard InChI is InChI=1S/C15H22FNO/c1-2-9-17-10-4-11-18-15-8-7-14(16)12-5-3-6-13(12)15/h7-8,17H,2-6,9-11H2,1H3. The molecular formula is C15H22FNO. The van der Waals surface area contributed by atoms with E-state index in [0.29, 0.717) is 6.61 Å². The molecule has 2 rings (SSSR count). The van der Waals surface area contributed by atoms with Crippen molar-refractivity contribution in [1.82, 2.24) is 5.32 Å². The van der Waals surface area contributed by atoms with Crippen molar-refractivity contribution in [2.24, 2.45) is 0 Å². The minimum Gasteiger partial charge on any atom is -0.493 e. The molecule has 3 heteroatoms. The molecule has 0 saturated carbocycles. The summed E-state index contributed by atoms with van der Waals surface area (Å²) < 4.78 is 19.3. The molecule has 0 amide bonds. The van der Waals surface area contributed by atoms with Crippen molar-refractivity contribution in [3.05, 3.63) is 29.1 Å². The Labute approximate surface area is 109 Å². The van der Waals surface area contributed by atoms with E-state index >= 15 is 0 Å². The number of ether oxygens (including phenoxy) is 1. The monoisotopic (exact) mass is 251 g/mol. The largest absolute Gasteiger partial charge is 0.493 e. The molecule has 0 aromatic heterocycles. The van der Waals surface area contributed by atoms with Gasteiger partial charge >= 0.3 is 0 Å². The second-order valence-electron chi connectivity index (χ2n) is 4.81. The van der Waals surface area contributed by atoms with Gasteiger partial charge in [-0.15, -0.1) is 0 Å². The van der Waals surface area contributed by atoms with Crippen LogP contribution in [0, 0.1) is 5.82 Å². The van der Waals surface area contributed by atoms with E-state index in [9.17, 15) is 4.39 Å². The van der Waals surface area contributed by atoms with Gasteiger partial charge in [-0.3, -0.25) is 0 Å². The Morgan fingerprint density at radius 3 is 2.89 bits per heavy atom. The lowest BCUT2D eigenvalue weighted by atomic mass is 10.1. The third-order valence-corrected chi connectivity index (χ3v) is 3.37. The van der Waals surface area contributed by atoms with Crippen molar-refractivity contribution in [2.45, 2.75) is 39.0 Å². The highest BCUT2D eigenvalue weighted by molar-refractivity contribution is 5.43. The Hall–Kier alpha value is -1.09. The number of hydrogen-bond acceptors (Lipinski definition) is 2. The second kappa shape index (κ2) is 6.74. The molecule has 0 fully saturated rings. The average molecular weight is 251 g/mol. The molecule has 2 nitrogen and oxygen atoms in total. The third-order valence-electron chi connectivity index (χ3n) is 3.37. The van der Waals surface area contributed by atoms with E-state index in [4.69, 9.17) is 4.74 Å². The van der Waals surface area contributed by atoms with Gasteiger partial charge in [0.2, 0.25) is 0 Å². The molecule has 0 unspecified atom stereocenters. The van der Waals surface area contributed by atoms with Gasteiger partial charge in [0, 0.05) is 5.56 Å². The van der Waals surface area contributed by atoms with Crippen molar-refractivity contribution in [1.29, 1.82) is 0 Å². The van der Waals surface area contributed by atoms with Crippen molar-refractivity contribution < 1.29 is 9.13 Å². The zero-order chi connectivity index (χ0) is 12.8. The molecular weight excluding hydrogens is 229 g/mol. The Morgan fingerprint density at radius 1 is 1.22 bits per heavy atom. The van der Waals surface area contributed by atoms with Crippen molar-refractivity contribution >= 4 is 0 Å². The third kappa shape index (κ3) is 3.22. The first-order chi connectivity index (χ1) is 8.83. The smallest absolute Gasteiger partial charge is 0.126 e. The molecule has 0 bridgehead atoms. The van der Waals surface area contributed by atoms with Crippen LogP contribution < -0.4 is 10.1 Å². The van der Waals surface area contributed by atoms with Crippen LogP contribution in [0.25, 0.3) is 0 Å². The molecule has 0 heterocycles. The summed E-state index contributed by atoms with van der Waals surface area (Å²) >= 11 is 0. The zero-order valence-electron chi connectivity index (χ0n) is 11.1. The lowest BCUT2D eigenvalue weighted by Gasteiger charge is -2.11. The van der Waals surface area contributed by atoms with E-state index in [-0.39, 0.29) is 5.82 Å². The highest BCUT2D eigenvalue weighted by Gasteiger charge is 2.19. The lowest BCUT2D eigenvalue weighted by molar-refractivity contribution is 0.305. The fourth-order valence-corrected chi connectivity index (χ4v) is 2.45. The molecule has 0 aliphatic heterocycles. The fourth-order valence-electron chi connectivity index (χ4n) is 2.45. The number of fused-ring (bicyclic) bond motifs is 1. The average Bonchev–Trinajstić information content (AvgIpc) is 2.86. The Morgan fingerprint density at radius 2 is 2.06 bits per heavy atom. The van der Waals surface area contributed by atoms with Crippen LogP contribution >= 0.6 is 0 Å². The van der Waals surface area contributed by atoms with Gasteiger partial charge in [-0.1, -0.05) is 6.92 Å². The molecule has 1 aromatic rings. The number of rotatable bonds is 7. The summed E-state index contributed by atoms with van der Waals surface area (Å²) in [4.78, 5) is 0. The van der Waals surface area contributed by atoms with E-state index < -0.39 is 0 Å². The topological polar surface area (TPSA) is 21.3 Å². The van der Waals surface area contributed by atoms with Gasteiger partial charge in [0.1, 0.15) is 11.6 Å². The van der Waals surface area contributed by atoms with Crippen molar-refractivity contribution in [3.63, 3.8) is 0 Å². The van der Waals surface area contributed by atoms with Crippen LogP contribution in [0.1, 0.15) is 37.3 Å². The first-order valence-electron chi connectivity index (χ1n) is 6.96. The lowest BCUT2D eigenvalue weighted by Crippen LogP contribution is -2.18. The molecule has 18 heavy (non-hydrogen) atoms. The summed E-state index contributed by atoms with van der Waals surface area (Å²) in [6, 6.07) is 3.31. The van der Waals surface area contributed by atoms with E-state index in [1.54, 1.807) is 6.07 Å². The highest BCUT2D eigenvalue weighted by Crippen LogP contribution is 2.32. The number of benzene rings is 1. The maximum Gasteiger partial charge on any atom is 0.126 e. The summed E-state index contributed by atoms with van der Waals surface area (Å²) in [7, 11) is 0. The van der Waals surface area contributed by atoms with Crippen LogP contribution in [0.15, 0.2) is 12.1 Å². The predicted octanol–water partition coefficient (Wildman–Crippen LogP) is 3.08. The van der Waals surface area contributed by atoms with Gasteiger partial charge in [0.15, 0.2) is 0 Å². The van der Waals surface area contributed by atoms with E-state index in [1.165, 1.54) is 6.07 Å². The van der Waals surface area contributed by atoms with E-state index in [0.717, 1.165) is 62.1 Å². The maximum absolute atomic E-state index is 13.5. The summed E-state index contributed by atoms with van der Waals surface area (Å²) in [6.07, 6.45) is 5.01. The SMILES string of the molecule is CCCNCCCOc1ccc(F)c2c1CCC2. The normalized spacial score (nSPS) is 13.7. The Kier molecular flexibility index (Phi) is 5.00. The van der Waals surface area contributed by atoms with Crippen LogP contribution in [0.2, 0.25) is 0 Å². The van der Waals surface area contributed by atoms with Gasteiger partial charge in [-0.05, 0) is 62.9 Å². The number of hydrogen-bond donors (Lipinski definition) is 1. The Bertz CT molecular complexity index is 392. The fraction of sp³-hybridized carbons (Fsp3) is 0.600. The van der Waals surface area contributed by atoms with Gasteiger partial charge in [0.25, 0.3) is 0 Å². The molecule has 0 saturated heterocycles. The minimum absolute atomic E-state index is 0.0699. The molecule has 1 aliphatic carbocycles. The first kappa shape index (κ1) is 13.3. The minimum atomic E-state index is -0.0699.